The fourth-order valence-electron chi connectivity index (χ4n) is 2.52. The van der Waals surface area contributed by atoms with Crippen molar-refractivity contribution in [3.63, 3.8) is 0 Å². The van der Waals surface area contributed by atoms with Crippen LogP contribution in [0.4, 0.5) is 0 Å². The van der Waals surface area contributed by atoms with E-state index in [9.17, 15) is 9.59 Å². The molecule has 1 aliphatic rings. The summed E-state index contributed by atoms with van der Waals surface area (Å²) >= 11 is 0. The molecule has 6 nitrogen and oxygen atoms in total. The van der Waals surface area contributed by atoms with Crippen LogP contribution in [0.25, 0.3) is 0 Å². The highest BCUT2D eigenvalue weighted by Gasteiger charge is 2.26. The van der Waals surface area contributed by atoms with E-state index < -0.39 is 0 Å². The summed E-state index contributed by atoms with van der Waals surface area (Å²) in [6.07, 6.45) is 7.00. The minimum atomic E-state index is -0.0590. The number of H-pyrrole nitrogens is 1. The highest BCUT2D eigenvalue weighted by Crippen LogP contribution is 2.16. The SMILES string of the molecule is CC(=O)N1CCCC(C(=O)NCCCc2ncc[nH]2)C1. The lowest BCUT2D eigenvalue weighted by Crippen LogP contribution is -2.44. The summed E-state index contributed by atoms with van der Waals surface area (Å²) in [5, 5.41) is 2.96. The molecule has 2 amide bonds. The molecule has 1 aliphatic heterocycles. The second kappa shape index (κ2) is 7.07. The van der Waals surface area contributed by atoms with Crippen LogP contribution in [0, 0.1) is 5.92 Å². The lowest BCUT2D eigenvalue weighted by Gasteiger charge is -2.31. The van der Waals surface area contributed by atoms with Crippen molar-refractivity contribution in [2.45, 2.75) is 32.6 Å². The van der Waals surface area contributed by atoms with Crippen LogP contribution < -0.4 is 5.32 Å². The van der Waals surface area contributed by atoms with Gasteiger partial charge in [-0.1, -0.05) is 0 Å². The van der Waals surface area contributed by atoms with Gasteiger partial charge in [0.25, 0.3) is 0 Å². The lowest BCUT2D eigenvalue weighted by atomic mass is 9.97. The van der Waals surface area contributed by atoms with Crippen LogP contribution in [0.3, 0.4) is 0 Å². The summed E-state index contributed by atoms with van der Waals surface area (Å²) in [5.74, 6) is 1.01. The molecule has 110 valence electrons. The first-order chi connectivity index (χ1) is 9.66. The van der Waals surface area contributed by atoms with Gasteiger partial charge in [-0.3, -0.25) is 9.59 Å². The first-order valence-corrected chi connectivity index (χ1v) is 7.18. The topological polar surface area (TPSA) is 78.1 Å². The molecule has 0 bridgehead atoms. The van der Waals surface area contributed by atoms with Gasteiger partial charge in [0.1, 0.15) is 5.82 Å². The van der Waals surface area contributed by atoms with E-state index in [1.54, 1.807) is 24.2 Å². The third-order valence-corrected chi connectivity index (χ3v) is 3.68. The van der Waals surface area contributed by atoms with E-state index in [1.165, 1.54) is 0 Å². The maximum absolute atomic E-state index is 12.1. The average molecular weight is 278 g/mol. The number of rotatable bonds is 5. The van der Waals surface area contributed by atoms with Gasteiger partial charge in [0.2, 0.25) is 11.8 Å². The zero-order chi connectivity index (χ0) is 14.4. The molecule has 6 heteroatoms. The number of imidazole rings is 1. The van der Waals surface area contributed by atoms with Crippen molar-refractivity contribution >= 4 is 11.8 Å². The van der Waals surface area contributed by atoms with Crippen molar-refractivity contribution in [2.75, 3.05) is 19.6 Å². The molecule has 0 spiro atoms. The van der Waals surface area contributed by atoms with Crippen LogP contribution in [-0.4, -0.2) is 46.3 Å². The molecular formula is C14H22N4O2. The van der Waals surface area contributed by atoms with E-state index in [1.807, 2.05) is 0 Å². The van der Waals surface area contributed by atoms with Crippen LogP contribution in [0.15, 0.2) is 12.4 Å². The number of hydrogen-bond acceptors (Lipinski definition) is 3. The Bertz CT molecular complexity index is 444. The van der Waals surface area contributed by atoms with Gasteiger partial charge in [-0.15, -0.1) is 0 Å². The van der Waals surface area contributed by atoms with Crippen LogP contribution >= 0.6 is 0 Å². The minimum absolute atomic E-state index is 0.0559. The van der Waals surface area contributed by atoms with Gasteiger partial charge in [0.15, 0.2) is 0 Å². The Morgan fingerprint density at radius 2 is 2.40 bits per heavy atom. The monoisotopic (exact) mass is 278 g/mol. The van der Waals surface area contributed by atoms with Gasteiger partial charge in [0, 0.05) is 45.4 Å². The summed E-state index contributed by atoms with van der Waals surface area (Å²) in [4.78, 5) is 32.3. The molecule has 0 aliphatic carbocycles. The Balaban J connectivity index is 1.67. The van der Waals surface area contributed by atoms with Crippen molar-refractivity contribution < 1.29 is 9.59 Å². The number of carbonyl (C=O) groups is 2. The first-order valence-electron chi connectivity index (χ1n) is 7.18. The number of aromatic nitrogens is 2. The maximum atomic E-state index is 12.1. The summed E-state index contributed by atoms with van der Waals surface area (Å²) < 4.78 is 0. The molecule has 1 atom stereocenters. The van der Waals surface area contributed by atoms with Crippen molar-refractivity contribution in [3.8, 4) is 0 Å². The fraction of sp³-hybridized carbons (Fsp3) is 0.643. The largest absolute Gasteiger partial charge is 0.356 e. The van der Waals surface area contributed by atoms with E-state index in [0.717, 1.165) is 38.1 Å². The predicted octanol–water partition coefficient (Wildman–Crippen LogP) is 0.717. The number of amides is 2. The Morgan fingerprint density at radius 1 is 1.55 bits per heavy atom. The normalized spacial score (nSPS) is 18.9. The van der Waals surface area contributed by atoms with Crippen molar-refractivity contribution in [2.24, 2.45) is 5.92 Å². The van der Waals surface area contributed by atoms with E-state index in [2.05, 4.69) is 15.3 Å². The third kappa shape index (κ3) is 4.08. The molecule has 1 unspecified atom stereocenters. The van der Waals surface area contributed by atoms with E-state index in [4.69, 9.17) is 0 Å². The number of carbonyl (C=O) groups excluding carboxylic acids is 2. The molecule has 0 saturated carbocycles. The summed E-state index contributed by atoms with van der Waals surface area (Å²) in [5.41, 5.74) is 0. The highest BCUT2D eigenvalue weighted by molar-refractivity contribution is 5.80. The van der Waals surface area contributed by atoms with E-state index in [0.29, 0.717) is 13.1 Å². The van der Waals surface area contributed by atoms with Crippen molar-refractivity contribution in [1.82, 2.24) is 20.2 Å². The Morgan fingerprint density at radius 3 is 3.10 bits per heavy atom. The minimum Gasteiger partial charge on any atom is -0.356 e. The quantitative estimate of drug-likeness (QED) is 0.779. The number of hydrogen-bond donors (Lipinski definition) is 2. The highest BCUT2D eigenvalue weighted by atomic mass is 16.2. The number of piperidine rings is 1. The van der Waals surface area contributed by atoms with Gasteiger partial charge >= 0.3 is 0 Å². The van der Waals surface area contributed by atoms with Crippen LogP contribution in [0.2, 0.25) is 0 Å². The Labute approximate surface area is 119 Å². The predicted molar refractivity (Wildman–Crippen MR) is 74.9 cm³/mol. The van der Waals surface area contributed by atoms with Crippen LogP contribution in [0.5, 0.6) is 0 Å². The molecule has 20 heavy (non-hydrogen) atoms. The molecule has 2 heterocycles. The van der Waals surface area contributed by atoms with Gasteiger partial charge in [-0.25, -0.2) is 4.98 Å². The average Bonchev–Trinajstić information content (AvgIpc) is 2.96. The molecular weight excluding hydrogens is 256 g/mol. The van der Waals surface area contributed by atoms with Gasteiger partial charge in [-0.2, -0.15) is 0 Å². The standard InChI is InChI=1S/C14H22N4O2/c1-11(19)18-9-3-4-12(10-18)14(20)17-6-2-5-13-15-7-8-16-13/h7-8,12H,2-6,9-10H2,1H3,(H,15,16)(H,17,20). The number of aryl methyl sites for hydroxylation is 1. The second-order valence-corrected chi connectivity index (χ2v) is 5.23. The first kappa shape index (κ1) is 14.6. The maximum Gasteiger partial charge on any atom is 0.224 e. The third-order valence-electron chi connectivity index (χ3n) is 3.68. The van der Waals surface area contributed by atoms with Crippen LogP contribution in [0.1, 0.15) is 32.0 Å². The van der Waals surface area contributed by atoms with E-state index in [-0.39, 0.29) is 17.7 Å². The van der Waals surface area contributed by atoms with Gasteiger partial charge < -0.3 is 15.2 Å². The molecule has 0 aromatic carbocycles. The number of nitrogens with zero attached hydrogens (tertiary/aromatic N) is 2. The molecule has 1 fully saturated rings. The zero-order valence-corrected chi connectivity index (χ0v) is 11.9. The number of aromatic amines is 1. The molecule has 1 saturated heterocycles. The molecule has 1 aromatic rings. The summed E-state index contributed by atoms with van der Waals surface area (Å²) in [7, 11) is 0. The number of likely N-dealkylation sites (tertiary alicyclic amines) is 1. The molecule has 0 radical (unpaired) electrons. The fourth-order valence-corrected chi connectivity index (χ4v) is 2.52. The second-order valence-electron chi connectivity index (χ2n) is 5.23. The summed E-state index contributed by atoms with van der Waals surface area (Å²) in [6, 6.07) is 0. The Hall–Kier alpha value is -1.85. The summed E-state index contributed by atoms with van der Waals surface area (Å²) in [6.45, 7) is 3.54. The lowest BCUT2D eigenvalue weighted by molar-refractivity contribution is -0.133. The van der Waals surface area contributed by atoms with E-state index >= 15 is 0 Å². The van der Waals surface area contributed by atoms with Crippen molar-refractivity contribution in [1.29, 1.82) is 0 Å². The number of nitrogens with one attached hydrogen (secondary N) is 2. The van der Waals surface area contributed by atoms with Crippen LogP contribution in [-0.2, 0) is 16.0 Å². The zero-order valence-electron chi connectivity index (χ0n) is 11.9. The van der Waals surface area contributed by atoms with Gasteiger partial charge in [-0.05, 0) is 19.3 Å². The molecule has 2 rings (SSSR count). The molecule has 1 aromatic heterocycles. The smallest absolute Gasteiger partial charge is 0.224 e. The molecule has 2 N–H and O–H groups in total. The van der Waals surface area contributed by atoms with Crippen molar-refractivity contribution in [3.05, 3.63) is 18.2 Å². The Kier molecular flexibility index (Phi) is 5.15. The van der Waals surface area contributed by atoms with Gasteiger partial charge in [0.05, 0.1) is 5.92 Å².